The molecule has 0 bridgehead atoms. The molecule has 1 saturated heterocycles. The molecule has 1 amide bonds. The largest absolute Gasteiger partial charge is 0.371 e. The molecule has 150 valence electrons. The number of hydrogen-bond acceptors (Lipinski definition) is 4. The number of sulfonamides is 1. The van der Waals surface area contributed by atoms with Gasteiger partial charge in [0.05, 0.1) is 4.90 Å². The van der Waals surface area contributed by atoms with Crippen molar-refractivity contribution in [1.82, 2.24) is 4.72 Å². The highest BCUT2D eigenvalue weighted by Crippen LogP contribution is 2.25. The molecule has 28 heavy (non-hydrogen) atoms. The summed E-state index contributed by atoms with van der Waals surface area (Å²) < 4.78 is 26.8. The maximum atomic E-state index is 12.5. The number of carbonyl (C=O) groups excluding carboxylic acids is 1. The highest BCUT2D eigenvalue weighted by Gasteiger charge is 2.19. The SMILES string of the molecule is CC1CCN(c2ccc(NC(=O)c3ccc(S(=O)(=O)NC(C)C)cc3)cc2)C1. The van der Waals surface area contributed by atoms with Crippen LogP contribution in [0.4, 0.5) is 11.4 Å². The van der Waals surface area contributed by atoms with Crippen molar-refractivity contribution in [2.75, 3.05) is 23.3 Å². The second kappa shape index (κ2) is 8.32. The van der Waals surface area contributed by atoms with Crippen LogP contribution >= 0.6 is 0 Å². The van der Waals surface area contributed by atoms with Crippen LogP contribution in [0.1, 0.15) is 37.6 Å². The monoisotopic (exact) mass is 401 g/mol. The van der Waals surface area contributed by atoms with Gasteiger partial charge in [0, 0.05) is 36.1 Å². The number of nitrogens with zero attached hydrogens (tertiary/aromatic N) is 1. The highest BCUT2D eigenvalue weighted by atomic mass is 32.2. The second-order valence-corrected chi connectivity index (χ2v) is 9.36. The summed E-state index contributed by atoms with van der Waals surface area (Å²) >= 11 is 0. The quantitative estimate of drug-likeness (QED) is 0.777. The van der Waals surface area contributed by atoms with Gasteiger partial charge in [0.15, 0.2) is 0 Å². The van der Waals surface area contributed by atoms with Crippen molar-refractivity contribution in [1.29, 1.82) is 0 Å². The molecule has 1 unspecified atom stereocenters. The fraction of sp³-hybridized carbons (Fsp3) is 0.381. The van der Waals surface area contributed by atoms with Gasteiger partial charge in [-0.2, -0.15) is 0 Å². The zero-order chi connectivity index (χ0) is 20.3. The first-order valence-electron chi connectivity index (χ1n) is 9.53. The standard InChI is InChI=1S/C21H27N3O3S/c1-15(2)23-28(26,27)20-10-4-17(5-11-20)21(25)22-18-6-8-19(9-7-18)24-13-12-16(3)14-24/h4-11,15-16,23H,12-14H2,1-3H3,(H,22,25). The molecule has 1 aliphatic rings. The van der Waals surface area contributed by atoms with Gasteiger partial charge in [0.2, 0.25) is 10.0 Å². The molecule has 3 rings (SSSR count). The zero-order valence-corrected chi connectivity index (χ0v) is 17.3. The minimum Gasteiger partial charge on any atom is -0.371 e. The van der Waals surface area contributed by atoms with Gasteiger partial charge in [-0.3, -0.25) is 4.79 Å². The van der Waals surface area contributed by atoms with E-state index >= 15 is 0 Å². The van der Waals surface area contributed by atoms with Crippen LogP contribution in [0.2, 0.25) is 0 Å². The predicted molar refractivity (Wildman–Crippen MR) is 112 cm³/mol. The normalized spacial score (nSPS) is 17.1. The van der Waals surface area contributed by atoms with E-state index in [1.165, 1.54) is 30.7 Å². The topological polar surface area (TPSA) is 78.5 Å². The van der Waals surface area contributed by atoms with E-state index in [4.69, 9.17) is 0 Å². The average Bonchev–Trinajstić information content (AvgIpc) is 3.08. The first-order valence-corrected chi connectivity index (χ1v) is 11.0. The van der Waals surface area contributed by atoms with E-state index in [2.05, 4.69) is 21.9 Å². The number of amides is 1. The molecule has 1 heterocycles. The van der Waals surface area contributed by atoms with Crippen LogP contribution in [0.15, 0.2) is 53.4 Å². The molecule has 6 nitrogen and oxygen atoms in total. The summed E-state index contributed by atoms with van der Waals surface area (Å²) in [7, 11) is -3.56. The van der Waals surface area contributed by atoms with Crippen molar-refractivity contribution >= 4 is 27.3 Å². The van der Waals surface area contributed by atoms with Crippen LogP contribution in [0.3, 0.4) is 0 Å². The van der Waals surface area contributed by atoms with Gasteiger partial charge in [-0.05, 0) is 74.7 Å². The summed E-state index contributed by atoms with van der Waals surface area (Å²) in [6.45, 7) is 7.90. The van der Waals surface area contributed by atoms with Crippen molar-refractivity contribution < 1.29 is 13.2 Å². The van der Waals surface area contributed by atoms with Gasteiger partial charge in [0.1, 0.15) is 0 Å². The maximum absolute atomic E-state index is 12.5. The van der Waals surface area contributed by atoms with Crippen molar-refractivity contribution in [2.24, 2.45) is 5.92 Å². The Morgan fingerprint density at radius 3 is 2.25 bits per heavy atom. The minimum absolute atomic E-state index is 0.141. The summed E-state index contributed by atoms with van der Waals surface area (Å²) in [5.41, 5.74) is 2.27. The van der Waals surface area contributed by atoms with Crippen molar-refractivity contribution in [3.05, 3.63) is 54.1 Å². The molecule has 0 aliphatic carbocycles. The van der Waals surface area contributed by atoms with Gasteiger partial charge in [0.25, 0.3) is 5.91 Å². The lowest BCUT2D eigenvalue weighted by Crippen LogP contribution is -2.30. The van der Waals surface area contributed by atoms with Gasteiger partial charge in [-0.1, -0.05) is 6.92 Å². The Morgan fingerprint density at radius 2 is 1.71 bits per heavy atom. The van der Waals surface area contributed by atoms with Crippen molar-refractivity contribution in [3.8, 4) is 0 Å². The van der Waals surface area contributed by atoms with E-state index in [0.29, 0.717) is 17.2 Å². The van der Waals surface area contributed by atoms with Gasteiger partial charge in [-0.15, -0.1) is 0 Å². The molecule has 2 aromatic rings. The summed E-state index contributed by atoms with van der Waals surface area (Å²) in [4.78, 5) is 14.9. The van der Waals surface area contributed by atoms with E-state index in [0.717, 1.165) is 18.8 Å². The molecule has 0 radical (unpaired) electrons. The molecule has 1 fully saturated rings. The fourth-order valence-corrected chi connectivity index (χ4v) is 4.54. The number of benzene rings is 2. The molecular formula is C21H27N3O3S. The maximum Gasteiger partial charge on any atom is 0.255 e. The molecule has 0 aromatic heterocycles. The zero-order valence-electron chi connectivity index (χ0n) is 16.5. The van der Waals surface area contributed by atoms with E-state index < -0.39 is 10.0 Å². The minimum atomic E-state index is -3.56. The Hall–Kier alpha value is -2.38. The highest BCUT2D eigenvalue weighted by molar-refractivity contribution is 7.89. The number of nitrogens with one attached hydrogen (secondary N) is 2. The molecule has 1 atom stereocenters. The van der Waals surface area contributed by atoms with E-state index in [1.807, 2.05) is 24.3 Å². The third-order valence-corrected chi connectivity index (χ3v) is 6.41. The number of anilines is 2. The Kier molecular flexibility index (Phi) is 6.05. The van der Waals surface area contributed by atoms with Crippen LogP contribution in [0, 0.1) is 5.92 Å². The van der Waals surface area contributed by atoms with Crippen LogP contribution in [-0.2, 0) is 10.0 Å². The van der Waals surface area contributed by atoms with E-state index in [9.17, 15) is 13.2 Å². The van der Waals surface area contributed by atoms with Gasteiger partial charge < -0.3 is 10.2 Å². The first kappa shape index (κ1) is 20.4. The van der Waals surface area contributed by atoms with Crippen LogP contribution in [-0.4, -0.2) is 33.5 Å². The Balaban J connectivity index is 1.64. The molecule has 2 N–H and O–H groups in total. The smallest absolute Gasteiger partial charge is 0.255 e. The lowest BCUT2D eigenvalue weighted by molar-refractivity contribution is 0.102. The average molecular weight is 402 g/mol. The third-order valence-electron chi connectivity index (χ3n) is 4.73. The number of rotatable bonds is 6. The predicted octanol–water partition coefficient (Wildman–Crippen LogP) is 3.47. The Bertz CT molecular complexity index is 922. The van der Waals surface area contributed by atoms with E-state index in [-0.39, 0.29) is 16.8 Å². The molecule has 1 aliphatic heterocycles. The molecule has 2 aromatic carbocycles. The van der Waals surface area contributed by atoms with E-state index in [1.54, 1.807) is 13.8 Å². The molecular weight excluding hydrogens is 374 g/mol. The fourth-order valence-electron chi connectivity index (χ4n) is 3.29. The van der Waals surface area contributed by atoms with Crippen LogP contribution in [0.25, 0.3) is 0 Å². The second-order valence-electron chi connectivity index (χ2n) is 7.64. The van der Waals surface area contributed by atoms with Crippen molar-refractivity contribution in [3.63, 3.8) is 0 Å². The lowest BCUT2D eigenvalue weighted by atomic mass is 10.2. The Morgan fingerprint density at radius 1 is 1.07 bits per heavy atom. The summed E-state index contributed by atoms with van der Waals surface area (Å²) in [5.74, 6) is 0.435. The first-order chi connectivity index (χ1) is 13.2. The summed E-state index contributed by atoms with van der Waals surface area (Å²) in [6.07, 6.45) is 1.21. The Labute approximate surface area is 167 Å². The van der Waals surface area contributed by atoms with Crippen molar-refractivity contribution in [2.45, 2.75) is 38.1 Å². The van der Waals surface area contributed by atoms with Gasteiger partial charge in [-0.25, -0.2) is 13.1 Å². The number of hydrogen-bond donors (Lipinski definition) is 2. The third kappa shape index (κ3) is 4.91. The van der Waals surface area contributed by atoms with Gasteiger partial charge >= 0.3 is 0 Å². The van der Waals surface area contributed by atoms with Crippen LogP contribution in [0.5, 0.6) is 0 Å². The molecule has 7 heteroatoms. The molecule has 0 saturated carbocycles. The lowest BCUT2D eigenvalue weighted by Gasteiger charge is -2.18. The van der Waals surface area contributed by atoms with Crippen LogP contribution < -0.4 is 14.9 Å². The summed E-state index contributed by atoms with van der Waals surface area (Å²) in [5, 5.41) is 2.85. The molecule has 0 spiro atoms. The number of carbonyl (C=O) groups is 1. The summed E-state index contributed by atoms with van der Waals surface area (Å²) in [6, 6.07) is 13.5.